The van der Waals surface area contributed by atoms with Crippen molar-refractivity contribution in [1.82, 2.24) is 14.8 Å². The first kappa shape index (κ1) is 11.5. The van der Waals surface area contributed by atoms with E-state index < -0.39 is 0 Å². The lowest BCUT2D eigenvalue weighted by atomic mass is 9.99. The van der Waals surface area contributed by atoms with Gasteiger partial charge in [0.05, 0.1) is 5.88 Å². The van der Waals surface area contributed by atoms with E-state index in [2.05, 4.69) is 14.8 Å². The molecule has 0 spiro atoms. The lowest BCUT2D eigenvalue weighted by molar-refractivity contribution is 0.519. The quantitative estimate of drug-likeness (QED) is 0.606. The summed E-state index contributed by atoms with van der Waals surface area (Å²) >= 11 is 5.97. The predicted octanol–water partition coefficient (Wildman–Crippen LogP) is 3.79. The molecule has 0 saturated heterocycles. The van der Waals surface area contributed by atoms with Gasteiger partial charge < -0.3 is 4.57 Å². The van der Waals surface area contributed by atoms with E-state index in [0.717, 1.165) is 5.82 Å². The first-order chi connectivity index (χ1) is 8.40. The predicted molar refractivity (Wildman–Crippen MR) is 68.3 cm³/mol. The summed E-state index contributed by atoms with van der Waals surface area (Å²) < 4.78 is 2.35. The standard InChI is InChI=1S/C13H20ClN3/c14-9-12-15-16-13(17(12)11-7-8-11)10-5-3-1-2-4-6-10/h10-11H,1-9H2. The first-order valence-electron chi connectivity index (χ1n) is 6.90. The van der Waals surface area contributed by atoms with Gasteiger partial charge in [-0.05, 0) is 25.7 Å². The molecular weight excluding hydrogens is 234 g/mol. The molecule has 2 fully saturated rings. The molecule has 3 nitrogen and oxygen atoms in total. The van der Waals surface area contributed by atoms with Crippen LogP contribution in [0.15, 0.2) is 0 Å². The van der Waals surface area contributed by atoms with Gasteiger partial charge >= 0.3 is 0 Å². The summed E-state index contributed by atoms with van der Waals surface area (Å²) in [6, 6.07) is 0.650. The van der Waals surface area contributed by atoms with Crippen LogP contribution in [-0.4, -0.2) is 14.8 Å². The second-order valence-corrected chi connectivity index (χ2v) is 5.66. The fraction of sp³-hybridized carbons (Fsp3) is 0.846. The second-order valence-electron chi connectivity index (χ2n) is 5.40. The molecule has 0 aliphatic heterocycles. The topological polar surface area (TPSA) is 30.7 Å². The Bertz CT molecular complexity index is 376. The highest BCUT2D eigenvalue weighted by molar-refractivity contribution is 6.16. The van der Waals surface area contributed by atoms with Crippen LogP contribution < -0.4 is 0 Å². The Morgan fingerprint density at radius 3 is 2.29 bits per heavy atom. The Morgan fingerprint density at radius 1 is 1.00 bits per heavy atom. The number of hydrogen-bond acceptors (Lipinski definition) is 2. The van der Waals surface area contributed by atoms with Gasteiger partial charge in [-0.3, -0.25) is 0 Å². The van der Waals surface area contributed by atoms with Gasteiger partial charge in [0.2, 0.25) is 0 Å². The second kappa shape index (κ2) is 4.97. The van der Waals surface area contributed by atoms with Gasteiger partial charge in [0, 0.05) is 12.0 Å². The largest absolute Gasteiger partial charge is 0.311 e. The molecule has 17 heavy (non-hydrogen) atoms. The highest BCUT2D eigenvalue weighted by Gasteiger charge is 2.31. The number of hydrogen-bond donors (Lipinski definition) is 0. The van der Waals surface area contributed by atoms with Crippen molar-refractivity contribution in [2.75, 3.05) is 0 Å². The van der Waals surface area contributed by atoms with Gasteiger partial charge in [0.1, 0.15) is 11.6 Å². The summed E-state index contributed by atoms with van der Waals surface area (Å²) in [6.45, 7) is 0. The van der Waals surface area contributed by atoms with E-state index in [9.17, 15) is 0 Å². The van der Waals surface area contributed by atoms with Crippen molar-refractivity contribution in [3.63, 3.8) is 0 Å². The van der Waals surface area contributed by atoms with Crippen LogP contribution in [0, 0.1) is 0 Å². The molecule has 4 heteroatoms. The molecule has 0 bridgehead atoms. The van der Waals surface area contributed by atoms with Crippen molar-refractivity contribution in [2.45, 2.75) is 69.2 Å². The fourth-order valence-electron chi connectivity index (χ4n) is 2.98. The zero-order chi connectivity index (χ0) is 11.7. The summed E-state index contributed by atoms with van der Waals surface area (Å²) in [5, 5.41) is 8.72. The van der Waals surface area contributed by atoms with E-state index >= 15 is 0 Å². The van der Waals surface area contributed by atoms with Gasteiger partial charge in [-0.25, -0.2) is 0 Å². The van der Waals surface area contributed by atoms with Crippen molar-refractivity contribution >= 4 is 11.6 Å². The molecular formula is C13H20ClN3. The Hall–Kier alpha value is -0.570. The van der Waals surface area contributed by atoms with Crippen LogP contribution in [0.2, 0.25) is 0 Å². The van der Waals surface area contributed by atoms with Crippen LogP contribution >= 0.6 is 11.6 Å². The fourth-order valence-corrected chi connectivity index (χ4v) is 3.16. The highest BCUT2D eigenvalue weighted by atomic mass is 35.5. The first-order valence-corrected chi connectivity index (χ1v) is 7.43. The zero-order valence-corrected chi connectivity index (χ0v) is 11.0. The molecule has 2 saturated carbocycles. The van der Waals surface area contributed by atoms with Crippen molar-refractivity contribution < 1.29 is 0 Å². The van der Waals surface area contributed by atoms with Crippen LogP contribution in [0.5, 0.6) is 0 Å². The molecule has 0 N–H and O–H groups in total. The summed E-state index contributed by atoms with van der Waals surface area (Å²) in [5.41, 5.74) is 0. The molecule has 3 rings (SSSR count). The smallest absolute Gasteiger partial charge is 0.148 e. The monoisotopic (exact) mass is 253 g/mol. The average molecular weight is 254 g/mol. The van der Waals surface area contributed by atoms with Crippen molar-refractivity contribution in [3.8, 4) is 0 Å². The van der Waals surface area contributed by atoms with Crippen molar-refractivity contribution in [3.05, 3.63) is 11.6 Å². The lowest BCUT2D eigenvalue weighted by Crippen LogP contribution is -2.09. The molecule has 1 aromatic rings. The number of rotatable bonds is 3. The molecule has 1 heterocycles. The maximum atomic E-state index is 5.97. The summed E-state index contributed by atoms with van der Waals surface area (Å²) in [4.78, 5) is 0. The summed E-state index contributed by atoms with van der Waals surface area (Å²) in [7, 11) is 0. The third-order valence-corrected chi connectivity index (χ3v) is 4.28. The Morgan fingerprint density at radius 2 is 1.71 bits per heavy atom. The Labute approximate surface area is 108 Å². The van der Waals surface area contributed by atoms with Crippen LogP contribution in [0.25, 0.3) is 0 Å². The molecule has 0 unspecified atom stereocenters. The van der Waals surface area contributed by atoms with E-state index in [1.54, 1.807) is 0 Å². The van der Waals surface area contributed by atoms with Crippen molar-refractivity contribution in [2.24, 2.45) is 0 Å². The minimum absolute atomic E-state index is 0.496. The van der Waals surface area contributed by atoms with Crippen LogP contribution in [0.3, 0.4) is 0 Å². The van der Waals surface area contributed by atoms with Gasteiger partial charge in [-0.2, -0.15) is 0 Å². The highest BCUT2D eigenvalue weighted by Crippen LogP contribution is 2.40. The molecule has 0 atom stereocenters. The third-order valence-electron chi connectivity index (χ3n) is 4.04. The molecule has 0 radical (unpaired) electrons. The lowest BCUT2D eigenvalue weighted by Gasteiger charge is -2.15. The van der Waals surface area contributed by atoms with Gasteiger partial charge in [0.15, 0.2) is 0 Å². The maximum absolute atomic E-state index is 5.97. The maximum Gasteiger partial charge on any atom is 0.148 e. The van der Waals surface area contributed by atoms with Crippen molar-refractivity contribution in [1.29, 1.82) is 0 Å². The molecule has 2 aliphatic rings. The zero-order valence-electron chi connectivity index (χ0n) is 10.2. The molecule has 1 aromatic heterocycles. The summed E-state index contributed by atoms with van der Waals surface area (Å²) in [6.07, 6.45) is 10.6. The number of alkyl halides is 1. The minimum atomic E-state index is 0.496. The molecule has 94 valence electrons. The van der Waals surface area contributed by atoms with Crippen LogP contribution in [0.4, 0.5) is 0 Å². The molecule has 2 aliphatic carbocycles. The average Bonchev–Trinajstić information content (AvgIpc) is 3.14. The number of aromatic nitrogens is 3. The van der Waals surface area contributed by atoms with Crippen LogP contribution in [0.1, 0.15) is 75.0 Å². The SMILES string of the molecule is ClCc1nnc(C2CCCCCC2)n1C1CC1. The van der Waals surface area contributed by atoms with Gasteiger partial charge in [0.25, 0.3) is 0 Å². The minimum Gasteiger partial charge on any atom is -0.311 e. The third kappa shape index (κ3) is 2.35. The van der Waals surface area contributed by atoms with E-state index in [4.69, 9.17) is 11.6 Å². The Balaban J connectivity index is 1.87. The summed E-state index contributed by atoms with van der Waals surface area (Å²) in [5.74, 6) is 3.33. The van der Waals surface area contributed by atoms with E-state index in [1.807, 2.05) is 0 Å². The molecule has 0 aromatic carbocycles. The number of halogens is 1. The Kier molecular flexibility index (Phi) is 3.37. The van der Waals surface area contributed by atoms with E-state index in [0.29, 0.717) is 17.8 Å². The van der Waals surface area contributed by atoms with Crippen LogP contribution in [-0.2, 0) is 5.88 Å². The number of nitrogens with zero attached hydrogens (tertiary/aromatic N) is 3. The van der Waals surface area contributed by atoms with Gasteiger partial charge in [-0.1, -0.05) is 25.7 Å². The van der Waals surface area contributed by atoms with Gasteiger partial charge in [-0.15, -0.1) is 21.8 Å². The normalized spacial score (nSPS) is 22.6. The molecule has 0 amide bonds. The van der Waals surface area contributed by atoms with E-state index in [-0.39, 0.29) is 0 Å². The van der Waals surface area contributed by atoms with E-state index in [1.165, 1.54) is 57.2 Å².